The molecule has 0 amide bonds. The van der Waals surface area contributed by atoms with Crippen molar-refractivity contribution in [3.8, 4) is 0 Å². The lowest BCUT2D eigenvalue weighted by Crippen LogP contribution is -2.12. The molecule has 0 aromatic rings. The van der Waals surface area contributed by atoms with Gasteiger partial charge in [0.1, 0.15) is 18.3 Å². The number of carboxylic acid groups (broad SMARTS) is 1. The van der Waals surface area contributed by atoms with Crippen LogP contribution in [-0.4, -0.2) is 98.7 Å². The van der Waals surface area contributed by atoms with E-state index in [1.165, 1.54) is 19.3 Å². The summed E-state index contributed by atoms with van der Waals surface area (Å²) >= 11 is 0. The second-order valence-electron chi connectivity index (χ2n) is 5.22. The minimum Gasteiger partial charge on any atom is -0.481 e. The maximum Gasteiger partial charge on any atom is 0.303 e. The molecule has 11 heteroatoms. The number of hydrogen-bond acceptors (Lipinski definition) is 10. The molecule has 0 heterocycles. The molecule has 3 unspecified atom stereocenters. The number of unbranched alkanes of at least 4 members (excludes halogenated alkanes) is 4. The Labute approximate surface area is 164 Å². The van der Waals surface area contributed by atoms with Crippen molar-refractivity contribution < 1.29 is 54.9 Å². The summed E-state index contributed by atoms with van der Waals surface area (Å²) in [7, 11) is 0. The summed E-state index contributed by atoms with van der Waals surface area (Å²) in [5, 5.41) is 56.0. The van der Waals surface area contributed by atoms with Crippen LogP contribution in [0.25, 0.3) is 0 Å². The van der Waals surface area contributed by atoms with Gasteiger partial charge in [-0.05, 0) is 6.42 Å². The first-order valence-corrected chi connectivity index (χ1v) is 8.64. The van der Waals surface area contributed by atoms with Crippen LogP contribution in [0.4, 0.5) is 0 Å². The van der Waals surface area contributed by atoms with E-state index >= 15 is 0 Å². The highest BCUT2D eigenvalue weighted by molar-refractivity contribution is 5.66. The molecular formula is C17H34O11. The Morgan fingerprint density at radius 3 is 1.21 bits per heavy atom. The highest BCUT2D eigenvalue weighted by atomic mass is 16.4. The number of aldehydes is 3. The summed E-state index contributed by atoms with van der Waals surface area (Å²) in [6.07, 6.45) is 3.15. The SMILES string of the molecule is CCCCCCCC(=O)O.O=CC(O)CO.O=CC(O)CO.O=CC(O)CO. The molecule has 0 saturated heterocycles. The number of carbonyl (C=O) groups excluding carboxylic acids is 3. The summed E-state index contributed by atoms with van der Waals surface area (Å²) in [5.41, 5.74) is 0. The van der Waals surface area contributed by atoms with E-state index in [0.717, 1.165) is 12.8 Å². The van der Waals surface area contributed by atoms with Gasteiger partial charge < -0.3 is 50.1 Å². The van der Waals surface area contributed by atoms with Crippen molar-refractivity contribution >= 4 is 24.8 Å². The number of aliphatic hydroxyl groups is 6. The number of carbonyl (C=O) groups is 4. The molecule has 0 radical (unpaired) electrons. The number of aliphatic hydroxyl groups excluding tert-OH is 6. The number of rotatable bonds is 12. The minimum absolute atomic E-state index is 0.278. The zero-order valence-electron chi connectivity index (χ0n) is 16.1. The van der Waals surface area contributed by atoms with E-state index in [1.807, 2.05) is 0 Å². The maximum atomic E-state index is 10.0. The normalized spacial score (nSPS) is 12.2. The van der Waals surface area contributed by atoms with Crippen molar-refractivity contribution in [1.29, 1.82) is 0 Å². The maximum absolute atomic E-state index is 10.0. The van der Waals surface area contributed by atoms with Crippen LogP contribution >= 0.6 is 0 Å². The van der Waals surface area contributed by atoms with Crippen molar-refractivity contribution in [3.05, 3.63) is 0 Å². The van der Waals surface area contributed by atoms with E-state index < -0.39 is 44.1 Å². The number of hydrogen-bond donors (Lipinski definition) is 7. The molecule has 0 saturated carbocycles. The molecule has 0 aliphatic carbocycles. The predicted octanol–water partition coefficient (Wildman–Crippen LogP) is -1.95. The first-order valence-electron chi connectivity index (χ1n) is 8.64. The van der Waals surface area contributed by atoms with Crippen LogP contribution in [0, 0.1) is 0 Å². The molecule has 0 spiro atoms. The lowest BCUT2D eigenvalue weighted by Gasteiger charge is -1.95. The van der Waals surface area contributed by atoms with Gasteiger partial charge in [0, 0.05) is 6.42 Å². The van der Waals surface area contributed by atoms with Crippen LogP contribution in [0.1, 0.15) is 45.4 Å². The molecular weight excluding hydrogens is 380 g/mol. The Morgan fingerprint density at radius 1 is 0.714 bits per heavy atom. The van der Waals surface area contributed by atoms with Crippen LogP contribution in [0.5, 0.6) is 0 Å². The van der Waals surface area contributed by atoms with Gasteiger partial charge in [-0.1, -0.05) is 32.6 Å². The molecule has 0 fully saturated rings. The van der Waals surface area contributed by atoms with Gasteiger partial charge in [0.2, 0.25) is 0 Å². The second kappa shape index (κ2) is 30.0. The Balaban J connectivity index is -0.000000142. The van der Waals surface area contributed by atoms with Gasteiger partial charge in [-0.2, -0.15) is 0 Å². The van der Waals surface area contributed by atoms with Crippen molar-refractivity contribution in [2.75, 3.05) is 19.8 Å². The Bertz CT molecular complexity index is 317. The molecule has 3 atom stereocenters. The molecule has 0 rings (SSSR count). The van der Waals surface area contributed by atoms with Crippen molar-refractivity contribution in [1.82, 2.24) is 0 Å². The fourth-order valence-electron chi connectivity index (χ4n) is 1.01. The number of aliphatic carboxylic acids is 1. The van der Waals surface area contributed by atoms with E-state index in [2.05, 4.69) is 6.92 Å². The van der Waals surface area contributed by atoms with Crippen molar-refractivity contribution in [2.45, 2.75) is 63.8 Å². The minimum atomic E-state index is -1.19. The zero-order valence-corrected chi connectivity index (χ0v) is 16.1. The van der Waals surface area contributed by atoms with Gasteiger partial charge in [0.05, 0.1) is 19.8 Å². The van der Waals surface area contributed by atoms with E-state index in [4.69, 9.17) is 35.7 Å². The lowest BCUT2D eigenvalue weighted by atomic mass is 10.1. The van der Waals surface area contributed by atoms with Crippen molar-refractivity contribution in [2.24, 2.45) is 0 Å². The van der Waals surface area contributed by atoms with Gasteiger partial charge in [-0.25, -0.2) is 0 Å². The average molecular weight is 414 g/mol. The third-order valence-electron chi connectivity index (χ3n) is 2.53. The summed E-state index contributed by atoms with van der Waals surface area (Å²) < 4.78 is 0. The Morgan fingerprint density at radius 2 is 1.04 bits per heavy atom. The summed E-state index contributed by atoms with van der Waals surface area (Å²) in [4.78, 5) is 38.0. The van der Waals surface area contributed by atoms with E-state index in [-0.39, 0.29) is 18.9 Å². The van der Waals surface area contributed by atoms with E-state index in [0.29, 0.717) is 6.42 Å². The Hall–Kier alpha value is -1.76. The third kappa shape index (κ3) is 44.0. The fraction of sp³-hybridized carbons (Fsp3) is 0.765. The van der Waals surface area contributed by atoms with Crippen LogP contribution in [-0.2, 0) is 19.2 Å². The zero-order chi connectivity index (χ0) is 22.8. The van der Waals surface area contributed by atoms with Crippen molar-refractivity contribution in [3.63, 3.8) is 0 Å². The largest absolute Gasteiger partial charge is 0.481 e. The van der Waals surface area contributed by atoms with E-state index in [9.17, 15) is 19.2 Å². The monoisotopic (exact) mass is 414 g/mol. The molecule has 7 N–H and O–H groups in total. The van der Waals surface area contributed by atoms with Crippen LogP contribution in [0.2, 0.25) is 0 Å². The third-order valence-corrected chi connectivity index (χ3v) is 2.53. The van der Waals surface area contributed by atoms with Gasteiger partial charge in [0.15, 0.2) is 18.9 Å². The van der Waals surface area contributed by atoms with Crippen LogP contribution in [0.3, 0.4) is 0 Å². The first-order chi connectivity index (χ1) is 13.2. The molecule has 0 aliphatic heterocycles. The van der Waals surface area contributed by atoms with Gasteiger partial charge >= 0.3 is 5.97 Å². The topological polar surface area (TPSA) is 210 Å². The quantitative estimate of drug-likeness (QED) is 0.138. The number of carboxylic acids is 1. The highest BCUT2D eigenvalue weighted by Gasteiger charge is 1.95. The molecule has 28 heavy (non-hydrogen) atoms. The van der Waals surface area contributed by atoms with Crippen LogP contribution in [0.15, 0.2) is 0 Å². The van der Waals surface area contributed by atoms with Gasteiger partial charge in [0.25, 0.3) is 0 Å². The molecule has 11 nitrogen and oxygen atoms in total. The summed E-state index contributed by atoms with van der Waals surface area (Å²) in [6.45, 7) is 0.702. The lowest BCUT2D eigenvalue weighted by molar-refractivity contribution is -0.137. The highest BCUT2D eigenvalue weighted by Crippen LogP contribution is 2.04. The molecule has 0 bridgehead atoms. The molecule has 0 aliphatic rings. The van der Waals surface area contributed by atoms with Gasteiger partial charge in [-0.3, -0.25) is 4.79 Å². The average Bonchev–Trinajstić information content (AvgIpc) is 2.72. The molecule has 0 aromatic heterocycles. The predicted molar refractivity (Wildman–Crippen MR) is 98.5 cm³/mol. The van der Waals surface area contributed by atoms with E-state index in [1.54, 1.807) is 0 Å². The summed E-state index contributed by atoms with van der Waals surface area (Å²) in [6, 6.07) is 0. The Kier molecular flexibility index (Phi) is 36.2. The van der Waals surface area contributed by atoms with Crippen LogP contribution < -0.4 is 0 Å². The smallest absolute Gasteiger partial charge is 0.303 e. The summed E-state index contributed by atoms with van der Waals surface area (Å²) in [5.74, 6) is -0.670. The standard InChI is InChI=1S/C8H16O2.3C3H6O3/c1-2-3-4-5-6-7-8(9)10;3*4-1-3(6)2-5/h2-7H2,1H3,(H,9,10);3*1,3,5-6H,2H2. The van der Waals surface area contributed by atoms with Gasteiger partial charge in [-0.15, -0.1) is 0 Å². The second-order valence-corrected chi connectivity index (χ2v) is 5.22. The first kappa shape index (κ1) is 33.8. The fourth-order valence-corrected chi connectivity index (χ4v) is 1.01. The molecule has 168 valence electrons. The molecule has 0 aromatic carbocycles.